The van der Waals surface area contributed by atoms with E-state index in [2.05, 4.69) is 20.2 Å². The smallest absolute Gasteiger partial charge is 0.283 e. The van der Waals surface area contributed by atoms with Crippen molar-refractivity contribution in [3.8, 4) is 11.7 Å². The summed E-state index contributed by atoms with van der Waals surface area (Å²) < 4.78 is 10.8. The molecule has 0 radical (unpaired) electrons. The molecule has 0 fully saturated rings. The second-order valence-corrected chi connectivity index (χ2v) is 5.29. The highest BCUT2D eigenvalue weighted by Crippen LogP contribution is 2.24. The summed E-state index contributed by atoms with van der Waals surface area (Å²) in [5, 5.41) is 8.79. The molecule has 1 N–H and O–H groups in total. The lowest BCUT2D eigenvalue weighted by Gasteiger charge is -1.91. The third kappa shape index (κ3) is 2.43. The van der Waals surface area contributed by atoms with E-state index in [0.29, 0.717) is 23.3 Å². The molecule has 0 aliphatic rings. The maximum absolute atomic E-state index is 5.55. The number of para-hydroxylation sites is 2. The van der Waals surface area contributed by atoms with Gasteiger partial charge in [0.05, 0.1) is 23.0 Å². The quantitative estimate of drug-likeness (QED) is 0.581. The minimum atomic E-state index is 0.389. The van der Waals surface area contributed by atoms with E-state index in [9.17, 15) is 0 Å². The molecule has 6 nitrogen and oxygen atoms in total. The van der Waals surface area contributed by atoms with E-state index >= 15 is 0 Å². The molecule has 0 aliphatic carbocycles. The van der Waals surface area contributed by atoms with Gasteiger partial charge < -0.3 is 13.8 Å². The van der Waals surface area contributed by atoms with Gasteiger partial charge in [-0.05, 0) is 24.3 Å². The summed E-state index contributed by atoms with van der Waals surface area (Å²) in [5.74, 6) is 2.04. The van der Waals surface area contributed by atoms with Crippen LogP contribution in [0.2, 0.25) is 0 Å². The average molecular weight is 298 g/mol. The Morgan fingerprint density at radius 3 is 2.90 bits per heavy atom. The first-order valence-corrected chi connectivity index (χ1v) is 7.31. The van der Waals surface area contributed by atoms with Gasteiger partial charge in [-0.2, -0.15) is 0 Å². The Hall–Kier alpha value is -2.54. The normalized spacial score (nSPS) is 11.2. The Balaban J connectivity index is 1.49. The van der Waals surface area contributed by atoms with Crippen molar-refractivity contribution in [2.75, 3.05) is 0 Å². The van der Waals surface area contributed by atoms with Gasteiger partial charge in [0, 0.05) is 0 Å². The molecule has 0 saturated carbocycles. The summed E-state index contributed by atoms with van der Waals surface area (Å²) in [7, 11) is 0. The molecule has 4 rings (SSSR count). The molecule has 0 saturated heterocycles. The van der Waals surface area contributed by atoms with Crippen molar-refractivity contribution in [2.45, 2.75) is 10.9 Å². The second-order valence-electron chi connectivity index (χ2n) is 4.33. The predicted molar refractivity (Wildman–Crippen MR) is 77.7 cm³/mol. The molecule has 0 unspecified atom stereocenters. The zero-order valence-corrected chi connectivity index (χ0v) is 11.6. The fourth-order valence-electron chi connectivity index (χ4n) is 1.94. The standard InChI is InChI=1S/C14H10N4O2S/c1-2-5-10-9(4-1)15-14(16-10)21-8-12-17-18-13(20-12)11-6-3-7-19-11/h1-7H,8H2,(H,15,16). The minimum Gasteiger partial charge on any atom is -0.459 e. The van der Waals surface area contributed by atoms with Crippen LogP contribution in [0.5, 0.6) is 0 Å². The van der Waals surface area contributed by atoms with Crippen molar-refractivity contribution >= 4 is 22.8 Å². The molecular weight excluding hydrogens is 288 g/mol. The molecular formula is C14H10N4O2S. The van der Waals surface area contributed by atoms with Crippen molar-refractivity contribution in [1.82, 2.24) is 20.2 Å². The molecule has 0 atom stereocenters. The summed E-state index contributed by atoms with van der Waals surface area (Å²) in [6, 6.07) is 11.5. The van der Waals surface area contributed by atoms with Crippen LogP contribution >= 0.6 is 11.8 Å². The van der Waals surface area contributed by atoms with Crippen LogP contribution in [0.1, 0.15) is 5.89 Å². The summed E-state index contributed by atoms with van der Waals surface area (Å²) in [6.45, 7) is 0. The van der Waals surface area contributed by atoms with E-state index in [1.807, 2.05) is 24.3 Å². The molecule has 0 aliphatic heterocycles. The van der Waals surface area contributed by atoms with Gasteiger partial charge in [0.25, 0.3) is 5.89 Å². The van der Waals surface area contributed by atoms with Crippen LogP contribution in [0.3, 0.4) is 0 Å². The number of hydrogen-bond acceptors (Lipinski definition) is 6. The number of hydrogen-bond donors (Lipinski definition) is 1. The van der Waals surface area contributed by atoms with Crippen LogP contribution in [0, 0.1) is 0 Å². The van der Waals surface area contributed by atoms with Crippen molar-refractivity contribution in [1.29, 1.82) is 0 Å². The highest BCUT2D eigenvalue weighted by atomic mass is 32.2. The molecule has 0 amide bonds. The van der Waals surface area contributed by atoms with Gasteiger partial charge in [-0.15, -0.1) is 10.2 Å². The topological polar surface area (TPSA) is 80.7 Å². The van der Waals surface area contributed by atoms with Crippen LogP contribution in [-0.4, -0.2) is 20.2 Å². The molecule has 3 heterocycles. The van der Waals surface area contributed by atoms with Gasteiger partial charge >= 0.3 is 0 Å². The van der Waals surface area contributed by atoms with Gasteiger partial charge in [-0.3, -0.25) is 0 Å². The summed E-state index contributed by atoms with van der Waals surface area (Å²) in [4.78, 5) is 7.73. The Morgan fingerprint density at radius 2 is 2.05 bits per heavy atom. The largest absolute Gasteiger partial charge is 0.459 e. The van der Waals surface area contributed by atoms with Crippen molar-refractivity contribution in [2.24, 2.45) is 0 Å². The molecule has 0 bridgehead atoms. The summed E-state index contributed by atoms with van der Waals surface area (Å²) >= 11 is 1.52. The van der Waals surface area contributed by atoms with Crippen molar-refractivity contribution < 1.29 is 8.83 Å². The van der Waals surface area contributed by atoms with Crippen molar-refractivity contribution in [3.05, 3.63) is 48.6 Å². The van der Waals surface area contributed by atoms with Gasteiger partial charge in [-0.1, -0.05) is 23.9 Å². The van der Waals surface area contributed by atoms with Crippen LogP contribution in [-0.2, 0) is 5.75 Å². The third-order valence-corrected chi connectivity index (χ3v) is 3.76. The maximum Gasteiger partial charge on any atom is 0.283 e. The fourth-order valence-corrected chi connectivity index (χ4v) is 2.66. The van der Waals surface area contributed by atoms with Gasteiger partial charge in [0.15, 0.2) is 10.9 Å². The molecule has 3 aromatic heterocycles. The Kier molecular flexibility index (Phi) is 2.97. The number of aromatic nitrogens is 4. The number of rotatable bonds is 4. The van der Waals surface area contributed by atoms with E-state index in [-0.39, 0.29) is 0 Å². The van der Waals surface area contributed by atoms with Gasteiger partial charge in [-0.25, -0.2) is 4.98 Å². The summed E-state index contributed by atoms with van der Waals surface area (Å²) in [6.07, 6.45) is 1.57. The molecule has 1 aromatic carbocycles. The first-order chi connectivity index (χ1) is 10.4. The van der Waals surface area contributed by atoms with Crippen LogP contribution in [0.25, 0.3) is 22.7 Å². The fraction of sp³-hybridized carbons (Fsp3) is 0.0714. The van der Waals surface area contributed by atoms with Gasteiger partial charge in [0.1, 0.15) is 0 Å². The number of fused-ring (bicyclic) bond motifs is 1. The summed E-state index contributed by atoms with van der Waals surface area (Å²) in [5.41, 5.74) is 1.96. The average Bonchev–Trinajstić information content (AvgIpc) is 3.23. The number of thioether (sulfide) groups is 1. The van der Waals surface area contributed by atoms with E-state index in [1.165, 1.54) is 11.8 Å². The Labute approximate surface area is 123 Å². The zero-order valence-electron chi connectivity index (χ0n) is 10.8. The Morgan fingerprint density at radius 1 is 1.10 bits per heavy atom. The van der Waals surface area contributed by atoms with Gasteiger partial charge in [0.2, 0.25) is 5.89 Å². The van der Waals surface area contributed by atoms with Crippen molar-refractivity contribution in [3.63, 3.8) is 0 Å². The molecule has 7 heteroatoms. The number of H-pyrrole nitrogens is 1. The van der Waals surface area contributed by atoms with Crippen LogP contribution in [0.4, 0.5) is 0 Å². The highest BCUT2D eigenvalue weighted by molar-refractivity contribution is 7.98. The monoisotopic (exact) mass is 298 g/mol. The SMILES string of the molecule is c1coc(-c2nnc(CSc3nc4ccccc4[nH]3)o2)c1. The lowest BCUT2D eigenvalue weighted by molar-refractivity contribution is 0.494. The van der Waals surface area contributed by atoms with E-state index in [4.69, 9.17) is 8.83 Å². The first-order valence-electron chi connectivity index (χ1n) is 6.32. The van der Waals surface area contributed by atoms with E-state index in [1.54, 1.807) is 18.4 Å². The minimum absolute atomic E-state index is 0.389. The molecule has 0 spiro atoms. The Bertz CT molecular complexity index is 833. The molecule has 4 aromatic rings. The zero-order chi connectivity index (χ0) is 14.1. The van der Waals surface area contributed by atoms with E-state index in [0.717, 1.165) is 16.2 Å². The molecule has 104 valence electrons. The highest BCUT2D eigenvalue weighted by Gasteiger charge is 2.12. The lowest BCUT2D eigenvalue weighted by Crippen LogP contribution is -1.81. The number of aromatic amines is 1. The number of furan rings is 1. The van der Waals surface area contributed by atoms with Crippen LogP contribution in [0.15, 0.2) is 56.7 Å². The first kappa shape index (κ1) is 12.2. The number of benzene rings is 1. The lowest BCUT2D eigenvalue weighted by atomic mass is 10.3. The molecule has 21 heavy (non-hydrogen) atoms. The van der Waals surface area contributed by atoms with E-state index < -0.39 is 0 Å². The number of nitrogens with one attached hydrogen (secondary N) is 1. The number of nitrogens with zero attached hydrogens (tertiary/aromatic N) is 3. The maximum atomic E-state index is 5.55. The number of imidazole rings is 1. The third-order valence-electron chi connectivity index (χ3n) is 2.90. The van der Waals surface area contributed by atoms with Crippen LogP contribution < -0.4 is 0 Å². The predicted octanol–water partition coefficient (Wildman–Crippen LogP) is 3.50. The second kappa shape index (κ2) is 5.10.